The van der Waals surface area contributed by atoms with Gasteiger partial charge in [-0.25, -0.2) is 0 Å². The van der Waals surface area contributed by atoms with Gasteiger partial charge in [0.15, 0.2) is 0 Å². The molecule has 0 aliphatic carbocycles. The highest BCUT2D eigenvalue weighted by Gasteiger charge is 2.33. The topological polar surface area (TPSA) is 73.1 Å². The number of hydrogen-bond donors (Lipinski definition) is 0. The lowest BCUT2D eigenvalue weighted by Gasteiger charge is -2.37. The highest BCUT2D eigenvalue weighted by atomic mass is 16.5. The van der Waals surface area contributed by atoms with Gasteiger partial charge in [-0.15, -0.1) is 10.2 Å². The summed E-state index contributed by atoms with van der Waals surface area (Å²) in [6.07, 6.45) is 0. The van der Waals surface area contributed by atoms with Gasteiger partial charge in [-0.2, -0.15) is 4.80 Å². The lowest BCUT2D eigenvalue weighted by molar-refractivity contribution is -0.120. The first kappa shape index (κ1) is 18.1. The summed E-state index contributed by atoms with van der Waals surface area (Å²) in [4.78, 5) is 16.5. The van der Waals surface area contributed by atoms with Gasteiger partial charge in [0.05, 0.1) is 11.7 Å². The van der Waals surface area contributed by atoms with Gasteiger partial charge < -0.3 is 4.74 Å². The van der Waals surface area contributed by atoms with E-state index >= 15 is 0 Å². The number of para-hydroxylation sites is 2. The Labute approximate surface area is 173 Å². The van der Waals surface area contributed by atoms with Crippen LogP contribution in [0.25, 0.3) is 11.4 Å². The molecule has 1 aliphatic heterocycles. The van der Waals surface area contributed by atoms with Crippen LogP contribution in [0, 0.1) is 0 Å². The van der Waals surface area contributed by atoms with Crippen molar-refractivity contribution >= 4 is 11.6 Å². The number of ether oxygens (including phenoxy) is 1. The zero-order valence-electron chi connectivity index (χ0n) is 16.1. The molecule has 0 unspecified atom stereocenters. The third-order valence-electron chi connectivity index (χ3n) is 5.05. The molecule has 1 aromatic heterocycles. The Bertz CT molecular complexity index is 1160. The Kier molecular flexibility index (Phi) is 4.69. The minimum atomic E-state index is -0.231. The summed E-state index contributed by atoms with van der Waals surface area (Å²) in [5.41, 5.74) is 2.61. The van der Waals surface area contributed by atoms with Gasteiger partial charge in [-0.1, -0.05) is 72.8 Å². The van der Waals surface area contributed by atoms with Crippen LogP contribution in [0.1, 0.15) is 11.6 Å². The molecule has 30 heavy (non-hydrogen) atoms. The van der Waals surface area contributed by atoms with Crippen molar-refractivity contribution in [1.29, 1.82) is 0 Å². The van der Waals surface area contributed by atoms with Crippen LogP contribution in [-0.4, -0.2) is 32.7 Å². The predicted molar refractivity (Wildman–Crippen MR) is 112 cm³/mol. The SMILES string of the molecule is O=C(Cn1nnc(-c2ccccc2)n1)N1c2ccccc2OC[C@H]1c1ccccc1. The van der Waals surface area contributed by atoms with Gasteiger partial charge in [-0.05, 0) is 22.9 Å². The van der Waals surface area contributed by atoms with Crippen molar-refractivity contribution < 1.29 is 9.53 Å². The number of hydrogen-bond acceptors (Lipinski definition) is 5. The van der Waals surface area contributed by atoms with Crippen LogP contribution in [0.4, 0.5) is 5.69 Å². The molecule has 7 heteroatoms. The number of tetrazole rings is 1. The number of rotatable bonds is 4. The molecule has 3 aromatic carbocycles. The number of carbonyl (C=O) groups excluding carboxylic acids is 1. The van der Waals surface area contributed by atoms with E-state index < -0.39 is 0 Å². The Hall–Kier alpha value is -4.00. The van der Waals surface area contributed by atoms with Gasteiger partial charge in [-0.3, -0.25) is 9.69 Å². The molecule has 0 spiro atoms. The lowest BCUT2D eigenvalue weighted by atomic mass is 10.0. The molecule has 5 rings (SSSR count). The Morgan fingerprint density at radius 3 is 2.43 bits per heavy atom. The van der Waals surface area contributed by atoms with Crippen LogP contribution in [0.15, 0.2) is 84.9 Å². The minimum Gasteiger partial charge on any atom is -0.489 e. The van der Waals surface area contributed by atoms with Crippen LogP contribution < -0.4 is 9.64 Å². The van der Waals surface area contributed by atoms with Crippen molar-refractivity contribution in [2.45, 2.75) is 12.6 Å². The molecule has 0 saturated carbocycles. The fourth-order valence-electron chi connectivity index (χ4n) is 3.63. The summed E-state index contributed by atoms with van der Waals surface area (Å²) in [6.45, 7) is 0.365. The molecule has 4 aromatic rings. The molecule has 0 bridgehead atoms. The van der Waals surface area contributed by atoms with Gasteiger partial charge >= 0.3 is 0 Å². The van der Waals surface area contributed by atoms with E-state index in [4.69, 9.17) is 4.74 Å². The number of carbonyl (C=O) groups is 1. The molecular formula is C23H19N5O2. The van der Waals surface area contributed by atoms with E-state index in [1.54, 1.807) is 4.90 Å². The first-order valence-corrected chi connectivity index (χ1v) is 9.71. The number of benzene rings is 3. The summed E-state index contributed by atoms with van der Waals surface area (Å²) in [7, 11) is 0. The fraction of sp³-hybridized carbons (Fsp3) is 0.130. The first-order valence-electron chi connectivity index (χ1n) is 9.71. The van der Waals surface area contributed by atoms with Crippen LogP contribution in [0.3, 0.4) is 0 Å². The van der Waals surface area contributed by atoms with E-state index in [2.05, 4.69) is 15.4 Å². The normalized spacial score (nSPS) is 15.3. The smallest absolute Gasteiger partial charge is 0.251 e. The van der Waals surface area contributed by atoms with Crippen LogP contribution in [-0.2, 0) is 11.3 Å². The second-order valence-electron chi connectivity index (χ2n) is 6.98. The Balaban J connectivity index is 1.45. The monoisotopic (exact) mass is 397 g/mol. The summed E-state index contributed by atoms with van der Waals surface area (Å²) in [6, 6.07) is 26.8. The maximum atomic E-state index is 13.4. The van der Waals surface area contributed by atoms with Gasteiger partial charge in [0, 0.05) is 5.56 Å². The van der Waals surface area contributed by atoms with E-state index in [1.165, 1.54) is 4.80 Å². The molecule has 1 atom stereocenters. The van der Waals surface area contributed by atoms with Gasteiger partial charge in [0.2, 0.25) is 5.82 Å². The number of nitrogens with zero attached hydrogens (tertiary/aromatic N) is 5. The predicted octanol–water partition coefficient (Wildman–Crippen LogP) is 3.51. The molecular weight excluding hydrogens is 378 g/mol. The number of anilines is 1. The van der Waals surface area contributed by atoms with Crippen molar-refractivity contribution in [2.75, 3.05) is 11.5 Å². The van der Waals surface area contributed by atoms with E-state index in [9.17, 15) is 4.79 Å². The molecule has 0 N–H and O–H groups in total. The zero-order valence-corrected chi connectivity index (χ0v) is 16.1. The lowest BCUT2D eigenvalue weighted by Crippen LogP contribution is -2.43. The maximum Gasteiger partial charge on any atom is 0.251 e. The van der Waals surface area contributed by atoms with Crippen molar-refractivity contribution in [3.05, 3.63) is 90.5 Å². The third-order valence-corrected chi connectivity index (χ3v) is 5.05. The Morgan fingerprint density at radius 1 is 0.933 bits per heavy atom. The third kappa shape index (κ3) is 3.41. The van der Waals surface area contributed by atoms with E-state index in [0.29, 0.717) is 18.2 Å². The quantitative estimate of drug-likeness (QED) is 0.527. The molecule has 148 valence electrons. The largest absolute Gasteiger partial charge is 0.489 e. The summed E-state index contributed by atoms with van der Waals surface area (Å²) in [5.74, 6) is 1.05. The van der Waals surface area contributed by atoms with Crippen molar-refractivity contribution in [3.63, 3.8) is 0 Å². The van der Waals surface area contributed by atoms with Gasteiger partial charge in [0.25, 0.3) is 5.91 Å². The highest BCUT2D eigenvalue weighted by Crippen LogP contribution is 2.39. The second kappa shape index (κ2) is 7.79. The second-order valence-corrected chi connectivity index (χ2v) is 6.98. The highest BCUT2D eigenvalue weighted by molar-refractivity contribution is 5.96. The average Bonchev–Trinajstić information content (AvgIpc) is 3.28. The fourth-order valence-corrected chi connectivity index (χ4v) is 3.63. The first-order chi connectivity index (χ1) is 14.8. The summed E-state index contributed by atoms with van der Waals surface area (Å²) >= 11 is 0. The molecule has 0 fully saturated rings. The average molecular weight is 397 g/mol. The molecule has 7 nitrogen and oxygen atoms in total. The molecule has 1 aliphatic rings. The summed E-state index contributed by atoms with van der Waals surface area (Å²) < 4.78 is 5.94. The van der Waals surface area contributed by atoms with Crippen LogP contribution in [0.2, 0.25) is 0 Å². The van der Waals surface area contributed by atoms with Crippen LogP contribution >= 0.6 is 0 Å². The zero-order chi connectivity index (χ0) is 20.3. The van der Waals surface area contributed by atoms with Crippen molar-refractivity contribution in [2.24, 2.45) is 0 Å². The number of fused-ring (bicyclic) bond motifs is 1. The molecule has 0 saturated heterocycles. The molecule has 0 radical (unpaired) electrons. The standard InChI is InChI=1S/C23H19N5O2/c29-22(15-27-25-23(24-26-27)18-11-5-2-6-12-18)28-19-13-7-8-14-21(19)30-16-20(28)17-9-3-1-4-10-17/h1-14,20H,15-16H2/t20-/m0/s1. The van der Waals surface area contributed by atoms with Crippen LogP contribution in [0.5, 0.6) is 5.75 Å². The minimum absolute atomic E-state index is 0.0164. The molecule has 2 heterocycles. The van der Waals surface area contributed by atoms with E-state index in [-0.39, 0.29) is 18.5 Å². The number of amides is 1. The maximum absolute atomic E-state index is 13.4. The molecule has 1 amide bonds. The van der Waals surface area contributed by atoms with Crippen molar-refractivity contribution in [3.8, 4) is 17.1 Å². The van der Waals surface area contributed by atoms with E-state index in [0.717, 1.165) is 16.8 Å². The van der Waals surface area contributed by atoms with Gasteiger partial charge in [0.1, 0.15) is 18.9 Å². The van der Waals surface area contributed by atoms with E-state index in [1.807, 2.05) is 84.9 Å². The Morgan fingerprint density at radius 2 is 1.63 bits per heavy atom. The summed E-state index contributed by atoms with van der Waals surface area (Å²) in [5, 5.41) is 12.6. The number of aromatic nitrogens is 4. The van der Waals surface area contributed by atoms with Crippen molar-refractivity contribution in [1.82, 2.24) is 20.2 Å².